The minimum Gasteiger partial charge on any atom is -0.389 e. The van der Waals surface area contributed by atoms with Crippen LogP contribution in [0.3, 0.4) is 0 Å². The molecule has 0 saturated carbocycles. The van der Waals surface area contributed by atoms with E-state index in [0.29, 0.717) is 6.54 Å². The molecule has 0 spiro atoms. The monoisotopic (exact) mass is 267 g/mol. The van der Waals surface area contributed by atoms with Crippen LogP contribution in [0.1, 0.15) is 44.1 Å². The lowest BCUT2D eigenvalue weighted by Crippen LogP contribution is -2.39. The summed E-state index contributed by atoms with van der Waals surface area (Å²) in [4.78, 5) is 23.4. The molecule has 0 atom stereocenters. The SMILES string of the molecule is CCCCn1nc(C(=O)NCC(C)(C)O)ccc1=O. The Bertz CT molecular complexity index is 489. The van der Waals surface area contributed by atoms with E-state index in [-0.39, 0.29) is 17.8 Å². The highest BCUT2D eigenvalue weighted by Gasteiger charge is 2.16. The average molecular weight is 267 g/mol. The van der Waals surface area contributed by atoms with E-state index in [1.165, 1.54) is 16.8 Å². The number of hydrogen-bond donors (Lipinski definition) is 2. The van der Waals surface area contributed by atoms with Crippen LogP contribution in [0.15, 0.2) is 16.9 Å². The van der Waals surface area contributed by atoms with Crippen molar-refractivity contribution in [3.05, 3.63) is 28.2 Å². The van der Waals surface area contributed by atoms with Crippen molar-refractivity contribution >= 4 is 5.91 Å². The zero-order valence-corrected chi connectivity index (χ0v) is 11.6. The first-order valence-electron chi connectivity index (χ1n) is 6.42. The lowest BCUT2D eigenvalue weighted by Gasteiger charge is -2.17. The number of aromatic nitrogens is 2. The Morgan fingerprint density at radius 2 is 2.16 bits per heavy atom. The first-order chi connectivity index (χ1) is 8.83. The van der Waals surface area contributed by atoms with E-state index in [4.69, 9.17) is 0 Å². The van der Waals surface area contributed by atoms with Crippen LogP contribution in [0, 0.1) is 0 Å². The molecule has 1 amide bonds. The van der Waals surface area contributed by atoms with Crippen molar-refractivity contribution < 1.29 is 9.90 Å². The standard InChI is InChI=1S/C13H21N3O3/c1-4-5-8-16-11(17)7-6-10(15-16)12(18)14-9-13(2,3)19/h6-7,19H,4-5,8-9H2,1-3H3,(H,14,18). The van der Waals surface area contributed by atoms with Crippen LogP contribution in [0.2, 0.25) is 0 Å². The maximum Gasteiger partial charge on any atom is 0.271 e. The van der Waals surface area contributed by atoms with Crippen molar-refractivity contribution in [2.45, 2.75) is 45.8 Å². The van der Waals surface area contributed by atoms with Gasteiger partial charge in [-0.2, -0.15) is 5.10 Å². The first-order valence-corrected chi connectivity index (χ1v) is 6.42. The molecular formula is C13H21N3O3. The largest absolute Gasteiger partial charge is 0.389 e. The van der Waals surface area contributed by atoms with Gasteiger partial charge in [-0.3, -0.25) is 9.59 Å². The molecule has 0 bridgehead atoms. The summed E-state index contributed by atoms with van der Waals surface area (Å²) < 4.78 is 1.29. The van der Waals surface area contributed by atoms with Gasteiger partial charge in [0.2, 0.25) is 0 Å². The number of unbranched alkanes of at least 4 members (excludes halogenated alkanes) is 1. The van der Waals surface area contributed by atoms with Crippen molar-refractivity contribution in [3.63, 3.8) is 0 Å². The summed E-state index contributed by atoms with van der Waals surface area (Å²) in [6.45, 7) is 5.85. The maximum atomic E-state index is 11.8. The van der Waals surface area contributed by atoms with Gasteiger partial charge in [0.15, 0.2) is 0 Å². The number of rotatable bonds is 6. The normalized spacial score (nSPS) is 11.4. The van der Waals surface area contributed by atoms with Gasteiger partial charge in [-0.05, 0) is 26.3 Å². The first kappa shape index (κ1) is 15.4. The van der Waals surface area contributed by atoms with Gasteiger partial charge in [0, 0.05) is 19.2 Å². The Balaban J connectivity index is 2.78. The number of nitrogens with zero attached hydrogens (tertiary/aromatic N) is 2. The molecule has 1 aromatic rings. The fourth-order valence-electron chi connectivity index (χ4n) is 1.43. The third kappa shape index (κ3) is 5.21. The summed E-state index contributed by atoms with van der Waals surface area (Å²) >= 11 is 0. The van der Waals surface area contributed by atoms with E-state index in [2.05, 4.69) is 10.4 Å². The number of carbonyl (C=O) groups is 1. The van der Waals surface area contributed by atoms with Gasteiger partial charge < -0.3 is 10.4 Å². The molecule has 106 valence electrons. The van der Waals surface area contributed by atoms with Gasteiger partial charge in [-0.15, -0.1) is 0 Å². The Kier molecular flexibility index (Phi) is 5.23. The fourth-order valence-corrected chi connectivity index (χ4v) is 1.43. The predicted molar refractivity (Wildman–Crippen MR) is 72.0 cm³/mol. The molecular weight excluding hydrogens is 246 g/mol. The summed E-state index contributed by atoms with van der Waals surface area (Å²) in [5.41, 5.74) is -1.01. The summed E-state index contributed by atoms with van der Waals surface area (Å²) in [6.07, 6.45) is 1.78. The molecule has 0 aliphatic heterocycles. The zero-order valence-electron chi connectivity index (χ0n) is 11.6. The van der Waals surface area contributed by atoms with Gasteiger partial charge >= 0.3 is 0 Å². The van der Waals surface area contributed by atoms with Gasteiger partial charge in [0.05, 0.1) is 5.60 Å². The second-order valence-electron chi connectivity index (χ2n) is 5.13. The van der Waals surface area contributed by atoms with E-state index >= 15 is 0 Å². The number of hydrogen-bond acceptors (Lipinski definition) is 4. The molecule has 0 unspecified atom stereocenters. The molecule has 6 nitrogen and oxygen atoms in total. The number of aryl methyl sites for hydroxylation is 1. The average Bonchev–Trinajstić information content (AvgIpc) is 2.34. The molecule has 1 heterocycles. The van der Waals surface area contributed by atoms with E-state index < -0.39 is 11.5 Å². The molecule has 0 saturated heterocycles. The molecule has 0 aliphatic carbocycles. The smallest absolute Gasteiger partial charge is 0.271 e. The lowest BCUT2D eigenvalue weighted by molar-refractivity contribution is 0.0690. The summed E-state index contributed by atoms with van der Waals surface area (Å²) in [7, 11) is 0. The Morgan fingerprint density at radius 1 is 1.47 bits per heavy atom. The number of aliphatic hydroxyl groups is 1. The quantitative estimate of drug-likeness (QED) is 0.788. The number of nitrogens with one attached hydrogen (secondary N) is 1. The van der Waals surface area contributed by atoms with Crippen LogP contribution in [-0.2, 0) is 6.54 Å². The Hall–Kier alpha value is -1.69. The number of amides is 1. The second kappa shape index (κ2) is 6.47. The van der Waals surface area contributed by atoms with E-state index in [1.54, 1.807) is 13.8 Å². The summed E-state index contributed by atoms with van der Waals surface area (Å²) in [6, 6.07) is 2.73. The third-order valence-corrected chi connectivity index (χ3v) is 2.50. The molecule has 2 N–H and O–H groups in total. The minimum atomic E-state index is -0.980. The molecule has 1 aromatic heterocycles. The van der Waals surface area contributed by atoms with Crippen LogP contribution in [0.25, 0.3) is 0 Å². The molecule has 1 rings (SSSR count). The van der Waals surface area contributed by atoms with Crippen molar-refractivity contribution in [2.75, 3.05) is 6.54 Å². The van der Waals surface area contributed by atoms with Crippen LogP contribution in [0.4, 0.5) is 0 Å². The predicted octanol–water partition coefficient (Wildman–Crippen LogP) is 0.544. The molecule has 0 aliphatic rings. The van der Waals surface area contributed by atoms with Gasteiger partial charge in [-0.25, -0.2) is 4.68 Å². The van der Waals surface area contributed by atoms with Gasteiger partial charge in [-0.1, -0.05) is 13.3 Å². The van der Waals surface area contributed by atoms with Crippen LogP contribution >= 0.6 is 0 Å². The van der Waals surface area contributed by atoms with Crippen LogP contribution < -0.4 is 10.9 Å². The zero-order chi connectivity index (χ0) is 14.5. The topological polar surface area (TPSA) is 84.2 Å². The molecule has 0 fully saturated rings. The highest BCUT2D eigenvalue weighted by Crippen LogP contribution is 1.99. The lowest BCUT2D eigenvalue weighted by atomic mass is 10.1. The molecule has 6 heteroatoms. The molecule has 0 aromatic carbocycles. The van der Waals surface area contributed by atoms with Gasteiger partial charge in [0.25, 0.3) is 11.5 Å². The minimum absolute atomic E-state index is 0.127. The highest BCUT2D eigenvalue weighted by atomic mass is 16.3. The number of carbonyl (C=O) groups excluding carboxylic acids is 1. The van der Waals surface area contributed by atoms with E-state index in [9.17, 15) is 14.7 Å². The van der Waals surface area contributed by atoms with E-state index in [0.717, 1.165) is 12.8 Å². The highest BCUT2D eigenvalue weighted by molar-refractivity contribution is 5.92. The second-order valence-corrected chi connectivity index (χ2v) is 5.13. The third-order valence-electron chi connectivity index (χ3n) is 2.50. The van der Waals surface area contributed by atoms with Gasteiger partial charge in [0.1, 0.15) is 5.69 Å². The maximum absolute atomic E-state index is 11.8. The Morgan fingerprint density at radius 3 is 2.74 bits per heavy atom. The van der Waals surface area contributed by atoms with Crippen molar-refractivity contribution in [1.29, 1.82) is 0 Å². The van der Waals surface area contributed by atoms with Crippen molar-refractivity contribution in [1.82, 2.24) is 15.1 Å². The van der Waals surface area contributed by atoms with Crippen molar-refractivity contribution in [3.8, 4) is 0 Å². The summed E-state index contributed by atoms with van der Waals surface area (Å²) in [5.74, 6) is -0.396. The Labute approximate surface area is 112 Å². The summed E-state index contributed by atoms with van der Waals surface area (Å²) in [5, 5.41) is 16.1. The fraction of sp³-hybridized carbons (Fsp3) is 0.615. The van der Waals surface area contributed by atoms with Crippen LogP contribution in [-0.4, -0.2) is 32.9 Å². The van der Waals surface area contributed by atoms with Crippen molar-refractivity contribution in [2.24, 2.45) is 0 Å². The van der Waals surface area contributed by atoms with E-state index in [1.807, 2.05) is 6.92 Å². The molecule has 19 heavy (non-hydrogen) atoms. The molecule has 0 radical (unpaired) electrons. The van der Waals surface area contributed by atoms with Crippen LogP contribution in [0.5, 0.6) is 0 Å².